The number of carbonyl (C=O) groups excluding carboxylic acids is 1. The van der Waals surface area contributed by atoms with Gasteiger partial charge in [0.15, 0.2) is 11.5 Å². The van der Waals surface area contributed by atoms with Gasteiger partial charge in [0, 0.05) is 17.3 Å². The Morgan fingerprint density at radius 1 is 1.06 bits per heavy atom. The molecule has 3 heterocycles. The quantitative estimate of drug-likeness (QED) is 0.548. The summed E-state index contributed by atoms with van der Waals surface area (Å²) in [6.45, 7) is 4.00. The lowest BCUT2D eigenvalue weighted by atomic mass is 10.0. The second kappa shape index (κ2) is 7.28. The first kappa shape index (κ1) is 18.9. The fraction of sp³-hybridized carbons (Fsp3) is 0.182. The molecule has 0 radical (unpaired) electrons. The van der Waals surface area contributed by atoms with E-state index in [0.717, 1.165) is 15.8 Å². The Bertz CT molecular complexity index is 1390. The molecular formula is C22H19N5O4. The summed E-state index contributed by atoms with van der Waals surface area (Å²) in [6.07, 6.45) is 1.43. The standard InChI is InChI=1S/C22H19N5O4/c1-13-3-4-15(7-14(13)2)17-9-18-22(29)26(23-11-27(18)25-17)10-21(28)24-16-5-6-19-20(8-16)31-12-30-19/h3-9,11H,10,12H2,1-2H3,(H,24,28). The third-order valence-electron chi connectivity index (χ3n) is 5.24. The number of anilines is 1. The summed E-state index contributed by atoms with van der Waals surface area (Å²) in [5.74, 6) is 0.806. The van der Waals surface area contributed by atoms with Gasteiger partial charge in [0.05, 0.1) is 5.69 Å². The maximum Gasteiger partial charge on any atom is 0.293 e. The van der Waals surface area contributed by atoms with Gasteiger partial charge in [-0.1, -0.05) is 12.1 Å². The van der Waals surface area contributed by atoms with Crippen molar-refractivity contribution in [2.75, 3.05) is 12.1 Å². The number of hydrogen-bond donors (Lipinski definition) is 1. The van der Waals surface area contributed by atoms with Crippen molar-refractivity contribution < 1.29 is 14.3 Å². The largest absolute Gasteiger partial charge is 0.454 e. The van der Waals surface area contributed by atoms with Crippen LogP contribution in [0.1, 0.15) is 11.1 Å². The molecule has 5 rings (SSSR count). The summed E-state index contributed by atoms with van der Waals surface area (Å²) in [6, 6.07) is 12.8. The van der Waals surface area contributed by atoms with Gasteiger partial charge in [0.2, 0.25) is 12.7 Å². The normalized spacial score (nSPS) is 12.3. The minimum atomic E-state index is -0.397. The third kappa shape index (κ3) is 3.50. The number of rotatable bonds is 4. The summed E-state index contributed by atoms with van der Waals surface area (Å²) >= 11 is 0. The van der Waals surface area contributed by atoms with Crippen molar-refractivity contribution >= 4 is 17.1 Å². The zero-order chi connectivity index (χ0) is 21.5. The van der Waals surface area contributed by atoms with E-state index in [4.69, 9.17) is 9.47 Å². The lowest BCUT2D eigenvalue weighted by molar-refractivity contribution is -0.117. The highest BCUT2D eigenvalue weighted by Gasteiger charge is 2.16. The average Bonchev–Trinajstić information content (AvgIpc) is 3.39. The number of amides is 1. The number of hydrogen-bond acceptors (Lipinski definition) is 6. The van der Waals surface area contributed by atoms with E-state index in [1.54, 1.807) is 24.3 Å². The first-order valence-corrected chi connectivity index (χ1v) is 9.70. The highest BCUT2D eigenvalue weighted by atomic mass is 16.7. The fourth-order valence-corrected chi connectivity index (χ4v) is 3.40. The van der Waals surface area contributed by atoms with Crippen LogP contribution in [0.25, 0.3) is 16.8 Å². The lowest BCUT2D eigenvalue weighted by Gasteiger charge is -2.07. The molecule has 1 N–H and O–H groups in total. The Kier molecular flexibility index (Phi) is 4.43. The predicted octanol–water partition coefficient (Wildman–Crippen LogP) is 2.54. The van der Waals surface area contributed by atoms with Crippen LogP contribution < -0.4 is 20.3 Å². The fourth-order valence-electron chi connectivity index (χ4n) is 3.40. The number of carbonyl (C=O) groups is 1. The Balaban J connectivity index is 1.38. The van der Waals surface area contributed by atoms with Gasteiger partial charge in [0.25, 0.3) is 5.56 Å². The van der Waals surface area contributed by atoms with E-state index in [1.165, 1.54) is 16.4 Å². The molecule has 0 unspecified atom stereocenters. The molecule has 0 bridgehead atoms. The van der Waals surface area contributed by atoms with Gasteiger partial charge in [-0.05, 0) is 49.2 Å². The molecule has 0 saturated heterocycles. The van der Waals surface area contributed by atoms with Crippen molar-refractivity contribution in [1.82, 2.24) is 19.4 Å². The summed E-state index contributed by atoms with van der Waals surface area (Å²) in [5.41, 5.74) is 4.41. The zero-order valence-corrected chi connectivity index (χ0v) is 17.0. The Labute approximate surface area is 176 Å². The first-order valence-electron chi connectivity index (χ1n) is 9.70. The highest BCUT2D eigenvalue weighted by molar-refractivity contribution is 5.91. The molecule has 0 saturated carbocycles. The number of nitrogens with zero attached hydrogens (tertiary/aromatic N) is 4. The SMILES string of the molecule is Cc1ccc(-c2cc3c(=O)n(CC(=O)Nc4ccc5c(c4)OCO5)ncn3n2)cc1C. The van der Waals surface area contributed by atoms with Gasteiger partial charge in [0.1, 0.15) is 18.4 Å². The molecule has 31 heavy (non-hydrogen) atoms. The van der Waals surface area contributed by atoms with E-state index in [-0.39, 0.29) is 19.2 Å². The summed E-state index contributed by atoms with van der Waals surface area (Å²) in [4.78, 5) is 25.3. The molecule has 1 aliphatic rings. The molecular weight excluding hydrogens is 398 g/mol. The number of aryl methyl sites for hydroxylation is 2. The van der Waals surface area contributed by atoms with E-state index < -0.39 is 5.56 Å². The van der Waals surface area contributed by atoms with Gasteiger partial charge < -0.3 is 14.8 Å². The minimum Gasteiger partial charge on any atom is -0.454 e. The smallest absolute Gasteiger partial charge is 0.293 e. The number of benzene rings is 2. The van der Waals surface area contributed by atoms with Gasteiger partial charge in [-0.2, -0.15) is 10.2 Å². The van der Waals surface area contributed by atoms with Crippen molar-refractivity contribution in [3.8, 4) is 22.8 Å². The highest BCUT2D eigenvalue weighted by Crippen LogP contribution is 2.34. The van der Waals surface area contributed by atoms with E-state index >= 15 is 0 Å². The molecule has 1 amide bonds. The second-order valence-electron chi connectivity index (χ2n) is 7.37. The molecule has 1 aliphatic heterocycles. The van der Waals surface area contributed by atoms with Gasteiger partial charge in [-0.3, -0.25) is 9.59 Å². The number of fused-ring (bicyclic) bond motifs is 2. The molecule has 0 aliphatic carbocycles. The van der Waals surface area contributed by atoms with Crippen molar-refractivity contribution in [3.05, 3.63) is 70.3 Å². The van der Waals surface area contributed by atoms with Crippen LogP contribution in [0.3, 0.4) is 0 Å². The maximum absolute atomic E-state index is 12.9. The van der Waals surface area contributed by atoms with Crippen LogP contribution in [-0.2, 0) is 11.3 Å². The molecule has 9 heteroatoms. The molecule has 156 valence electrons. The molecule has 9 nitrogen and oxygen atoms in total. The van der Waals surface area contributed by atoms with Crippen molar-refractivity contribution in [1.29, 1.82) is 0 Å². The molecule has 4 aromatic rings. The number of ether oxygens (including phenoxy) is 2. The van der Waals surface area contributed by atoms with Crippen molar-refractivity contribution in [2.24, 2.45) is 0 Å². The predicted molar refractivity (Wildman–Crippen MR) is 113 cm³/mol. The van der Waals surface area contributed by atoms with E-state index in [1.807, 2.05) is 32.0 Å². The van der Waals surface area contributed by atoms with E-state index in [0.29, 0.717) is 28.4 Å². The maximum atomic E-state index is 12.9. The van der Waals surface area contributed by atoms with Gasteiger partial charge in [-0.25, -0.2) is 9.20 Å². The number of aromatic nitrogens is 4. The zero-order valence-electron chi connectivity index (χ0n) is 17.0. The minimum absolute atomic E-state index is 0.154. The third-order valence-corrected chi connectivity index (χ3v) is 5.24. The molecule has 0 fully saturated rings. The lowest BCUT2D eigenvalue weighted by Crippen LogP contribution is -2.30. The number of nitrogens with one attached hydrogen (secondary N) is 1. The van der Waals surface area contributed by atoms with Crippen LogP contribution in [0.2, 0.25) is 0 Å². The van der Waals surface area contributed by atoms with Crippen LogP contribution >= 0.6 is 0 Å². The summed E-state index contributed by atoms with van der Waals surface area (Å²) in [5, 5.41) is 11.3. The second-order valence-corrected chi connectivity index (χ2v) is 7.37. The van der Waals surface area contributed by atoms with Crippen molar-refractivity contribution in [2.45, 2.75) is 20.4 Å². The molecule has 2 aromatic carbocycles. The van der Waals surface area contributed by atoms with Crippen LogP contribution in [0.5, 0.6) is 11.5 Å². The average molecular weight is 417 g/mol. The molecule has 0 atom stereocenters. The first-order chi connectivity index (χ1) is 15.0. The Morgan fingerprint density at radius 2 is 1.90 bits per heavy atom. The van der Waals surface area contributed by atoms with Gasteiger partial charge in [-0.15, -0.1) is 0 Å². The van der Waals surface area contributed by atoms with Crippen LogP contribution in [-0.4, -0.2) is 32.1 Å². The van der Waals surface area contributed by atoms with Crippen molar-refractivity contribution in [3.63, 3.8) is 0 Å². The molecule has 2 aromatic heterocycles. The monoisotopic (exact) mass is 417 g/mol. The van der Waals surface area contributed by atoms with E-state index in [9.17, 15) is 9.59 Å². The van der Waals surface area contributed by atoms with Crippen LogP contribution in [0.4, 0.5) is 5.69 Å². The van der Waals surface area contributed by atoms with Crippen LogP contribution in [0, 0.1) is 13.8 Å². The molecule has 0 spiro atoms. The Hall–Kier alpha value is -4.14. The van der Waals surface area contributed by atoms with E-state index in [2.05, 4.69) is 15.5 Å². The topological polar surface area (TPSA) is 99.8 Å². The van der Waals surface area contributed by atoms with Crippen LogP contribution in [0.15, 0.2) is 53.6 Å². The summed E-state index contributed by atoms with van der Waals surface area (Å²) in [7, 11) is 0. The van der Waals surface area contributed by atoms with Gasteiger partial charge >= 0.3 is 0 Å². The Morgan fingerprint density at radius 3 is 2.74 bits per heavy atom. The summed E-state index contributed by atoms with van der Waals surface area (Å²) < 4.78 is 13.1.